The van der Waals surface area contributed by atoms with E-state index in [1.54, 1.807) is 36.4 Å². The lowest BCUT2D eigenvalue weighted by Gasteiger charge is -2.07. The van der Waals surface area contributed by atoms with Crippen molar-refractivity contribution in [1.82, 2.24) is 0 Å². The summed E-state index contributed by atoms with van der Waals surface area (Å²) >= 11 is 15.4. The number of hydrogen-bond donors (Lipinski definition) is 0. The summed E-state index contributed by atoms with van der Waals surface area (Å²) in [5.74, 6) is 0.342. The Kier molecular flexibility index (Phi) is 4.50. The molecule has 0 bridgehead atoms. The second-order valence-corrected chi connectivity index (χ2v) is 5.42. The van der Waals surface area contributed by atoms with Gasteiger partial charge in [0.2, 0.25) is 0 Å². The topological polar surface area (TPSA) is 26.3 Å². The van der Waals surface area contributed by atoms with Gasteiger partial charge in [0.25, 0.3) is 0 Å². The molecule has 98 valence electrons. The smallest absolute Gasteiger partial charge is 0.194 e. The maximum absolute atomic E-state index is 12.4. The molecule has 0 fully saturated rings. The molecule has 0 spiro atoms. The van der Waals surface area contributed by atoms with Crippen LogP contribution in [-0.4, -0.2) is 12.9 Å². The fourth-order valence-electron chi connectivity index (χ4n) is 1.64. The first-order valence-electron chi connectivity index (χ1n) is 5.37. The molecule has 2 aromatic carbocycles. The first-order valence-corrected chi connectivity index (χ1v) is 6.91. The molecule has 0 unspecified atom stereocenters. The highest BCUT2D eigenvalue weighted by Gasteiger charge is 2.15. The van der Waals surface area contributed by atoms with Crippen LogP contribution in [-0.2, 0) is 0 Å². The summed E-state index contributed by atoms with van der Waals surface area (Å²) in [7, 11) is 1.52. The molecule has 2 aromatic rings. The van der Waals surface area contributed by atoms with Crippen LogP contribution in [0.1, 0.15) is 15.9 Å². The lowest BCUT2D eigenvalue weighted by Crippen LogP contribution is -2.02. The van der Waals surface area contributed by atoms with E-state index in [0.29, 0.717) is 31.4 Å². The van der Waals surface area contributed by atoms with Gasteiger partial charge in [0.05, 0.1) is 17.2 Å². The number of carbonyl (C=O) groups excluding carboxylic acids is 1. The van der Waals surface area contributed by atoms with E-state index in [2.05, 4.69) is 15.9 Å². The van der Waals surface area contributed by atoms with E-state index in [4.69, 9.17) is 27.9 Å². The minimum Gasteiger partial charge on any atom is -0.495 e. The maximum Gasteiger partial charge on any atom is 0.194 e. The zero-order valence-electron chi connectivity index (χ0n) is 9.91. The maximum atomic E-state index is 12.4. The number of halogens is 3. The van der Waals surface area contributed by atoms with E-state index in [1.807, 2.05) is 0 Å². The molecule has 0 N–H and O–H groups in total. The minimum absolute atomic E-state index is 0.184. The quantitative estimate of drug-likeness (QED) is 0.721. The zero-order chi connectivity index (χ0) is 14.0. The Balaban J connectivity index is 2.44. The van der Waals surface area contributed by atoms with Crippen molar-refractivity contribution in [2.24, 2.45) is 0 Å². The number of carbonyl (C=O) groups is 1. The van der Waals surface area contributed by atoms with Gasteiger partial charge >= 0.3 is 0 Å². The van der Waals surface area contributed by atoms with Gasteiger partial charge in [-0.25, -0.2) is 0 Å². The highest BCUT2D eigenvalue weighted by molar-refractivity contribution is 9.10. The average Bonchev–Trinajstić information content (AvgIpc) is 2.41. The predicted molar refractivity (Wildman–Crippen MR) is 80.6 cm³/mol. The van der Waals surface area contributed by atoms with Crippen LogP contribution in [0.4, 0.5) is 0 Å². The van der Waals surface area contributed by atoms with Crippen molar-refractivity contribution in [3.63, 3.8) is 0 Å². The summed E-state index contributed by atoms with van der Waals surface area (Å²) < 4.78 is 5.73. The third kappa shape index (κ3) is 2.94. The molecular formula is C14H9BrCl2O2. The van der Waals surface area contributed by atoms with Gasteiger partial charge < -0.3 is 4.74 Å². The van der Waals surface area contributed by atoms with Gasteiger partial charge in [-0.15, -0.1) is 0 Å². The van der Waals surface area contributed by atoms with Crippen molar-refractivity contribution in [2.75, 3.05) is 7.11 Å². The Morgan fingerprint density at radius 3 is 2.58 bits per heavy atom. The highest BCUT2D eigenvalue weighted by atomic mass is 79.9. The van der Waals surface area contributed by atoms with Crippen LogP contribution < -0.4 is 4.74 Å². The van der Waals surface area contributed by atoms with Crippen molar-refractivity contribution >= 4 is 44.9 Å². The standard InChI is InChI=1S/C14H9BrCl2O2/c1-19-12-6-5-8(7-11(12)16)14(18)9-3-2-4-10(15)13(9)17/h2-7H,1H3. The SMILES string of the molecule is COc1ccc(C(=O)c2cccc(Br)c2Cl)cc1Cl. The molecule has 19 heavy (non-hydrogen) atoms. The van der Waals surface area contributed by atoms with Crippen molar-refractivity contribution in [3.05, 3.63) is 62.0 Å². The normalized spacial score (nSPS) is 10.3. The molecular weight excluding hydrogens is 351 g/mol. The molecule has 0 radical (unpaired) electrons. The Morgan fingerprint density at radius 1 is 1.21 bits per heavy atom. The van der Waals surface area contributed by atoms with E-state index >= 15 is 0 Å². The minimum atomic E-state index is -0.184. The molecule has 2 rings (SSSR count). The number of benzene rings is 2. The largest absolute Gasteiger partial charge is 0.495 e. The Morgan fingerprint density at radius 2 is 1.95 bits per heavy atom. The van der Waals surface area contributed by atoms with Gasteiger partial charge in [0.15, 0.2) is 5.78 Å². The lowest BCUT2D eigenvalue weighted by molar-refractivity contribution is 0.103. The van der Waals surface area contributed by atoms with Crippen molar-refractivity contribution in [2.45, 2.75) is 0 Å². The van der Waals surface area contributed by atoms with Gasteiger partial charge in [-0.3, -0.25) is 4.79 Å². The first kappa shape index (κ1) is 14.4. The molecule has 0 atom stereocenters. The molecule has 0 heterocycles. The molecule has 2 nitrogen and oxygen atoms in total. The van der Waals surface area contributed by atoms with Crippen LogP contribution >= 0.6 is 39.1 Å². The molecule has 0 aliphatic rings. The number of hydrogen-bond acceptors (Lipinski definition) is 2. The molecule has 0 aliphatic carbocycles. The second-order valence-electron chi connectivity index (χ2n) is 3.78. The molecule has 0 aliphatic heterocycles. The molecule has 0 saturated heterocycles. The van der Waals surface area contributed by atoms with Crippen LogP contribution in [0.15, 0.2) is 40.9 Å². The van der Waals surface area contributed by atoms with E-state index in [9.17, 15) is 4.79 Å². The summed E-state index contributed by atoms with van der Waals surface area (Å²) in [5.41, 5.74) is 0.892. The molecule has 0 aromatic heterocycles. The van der Waals surface area contributed by atoms with Crippen LogP contribution in [0.3, 0.4) is 0 Å². The second kappa shape index (κ2) is 5.95. The molecule has 0 saturated carbocycles. The molecule has 0 amide bonds. The molecule has 5 heteroatoms. The first-order chi connectivity index (χ1) is 9.04. The van der Waals surface area contributed by atoms with Gasteiger partial charge in [0.1, 0.15) is 5.75 Å². The van der Waals surface area contributed by atoms with E-state index in [1.165, 1.54) is 7.11 Å². The Hall–Kier alpha value is -1.03. The van der Waals surface area contributed by atoms with Crippen LogP contribution in [0.2, 0.25) is 10.0 Å². The van der Waals surface area contributed by atoms with E-state index in [-0.39, 0.29) is 5.78 Å². The third-order valence-corrected chi connectivity index (χ3v) is 4.20. The summed E-state index contributed by atoms with van der Waals surface area (Å²) in [6.07, 6.45) is 0. The summed E-state index contributed by atoms with van der Waals surface area (Å²) in [5, 5.41) is 0.777. The number of ketones is 1. The van der Waals surface area contributed by atoms with E-state index in [0.717, 1.165) is 0 Å². The predicted octanol–water partition coefficient (Wildman–Crippen LogP) is 5.00. The Labute approximate surface area is 129 Å². The van der Waals surface area contributed by atoms with Crippen molar-refractivity contribution in [1.29, 1.82) is 0 Å². The average molecular weight is 360 g/mol. The number of ether oxygens (including phenoxy) is 1. The van der Waals surface area contributed by atoms with E-state index < -0.39 is 0 Å². The number of rotatable bonds is 3. The van der Waals surface area contributed by atoms with Crippen LogP contribution in [0.5, 0.6) is 5.75 Å². The fourth-order valence-corrected chi connectivity index (χ4v) is 2.48. The summed E-state index contributed by atoms with van der Waals surface area (Å²) in [6.45, 7) is 0. The van der Waals surface area contributed by atoms with Gasteiger partial charge in [-0.1, -0.05) is 29.3 Å². The Bertz CT molecular complexity index is 641. The van der Waals surface area contributed by atoms with Crippen LogP contribution in [0.25, 0.3) is 0 Å². The van der Waals surface area contributed by atoms with Gasteiger partial charge in [0, 0.05) is 15.6 Å². The lowest BCUT2D eigenvalue weighted by atomic mass is 10.0. The number of methoxy groups -OCH3 is 1. The van der Waals surface area contributed by atoms with Crippen molar-refractivity contribution < 1.29 is 9.53 Å². The zero-order valence-corrected chi connectivity index (χ0v) is 13.0. The van der Waals surface area contributed by atoms with Crippen LogP contribution in [0, 0.1) is 0 Å². The van der Waals surface area contributed by atoms with Gasteiger partial charge in [-0.05, 0) is 46.3 Å². The fraction of sp³-hybridized carbons (Fsp3) is 0.0714. The summed E-state index contributed by atoms with van der Waals surface area (Å²) in [6, 6.07) is 10.1. The third-order valence-electron chi connectivity index (χ3n) is 2.61. The monoisotopic (exact) mass is 358 g/mol. The summed E-state index contributed by atoms with van der Waals surface area (Å²) in [4.78, 5) is 12.4. The van der Waals surface area contributed by atoms with Gasteiger partial charge in [-0.2, -0.15) is 0 Å². The van der Waals surface area contributed by atoms with Crippen molar-refractivity contribution in [3.8, 4) is 5.75 Å². The highest BCUT2D eigenvalue weighted by Crippen LogP contribution is 2.30.